The van der Waals surface area contributed by atoms with Gasteiger partial charge in [-0.2, -0.15) is 0 Å². The summed E-state index contributed by atoms with van der Waals surface area (Å²) >= 11 is 0. The molecule has 1 heterocycles. The van der Waals surface area contributed by atoms with Gasteiger partial charge in [0.25, 0.3) is 0 Å². The second-order valence-electron chi connectivity index (χ2n) is 9.61. The zero-order chi connectivity index (χ0) is 23.8. The molecule has 1 aliphatic heterocycles. The van der Waals surface area contributed by atoms with Crippen LogP contribution in [0.3, 0.4) is 0 Å². The van der Waals surface area contributed by atoms with Crippen molar-refractivity contribution in [1.82, 2.24) is 10.2 Å². The minimum atomic E-state index is -0.618. The topological polar surface area (TPSA) is 105 Å². The number of nitrogens with zero attached hydrogens (tertiary/aromatic N) is 1. The van der Waals surface area contributed by atoms with E-state index in [1.54, 1.807) is 4.90 Å². The number of benzene rings is 1. The van der Waals surface area contributed by atoms with Crippen LogP contribution in [0.2, 0.25) is 0 Å². The molecular weight excluding hydrogens is 404 g/mol. The monoisotopic (exact) mass is 444 g/mol. The molecule has 1 saturated heterocycles. The molecule has 3 amide bonds. The summed E-state index contributed by atoms with van der Waals surface area (Å²) in [6.45, 7) is 11.1. The minimum Gasteiger partial charge on any atom is -0.344 e. The molecule has 7 heteroatoms. The van der Waals surface area contributed by atoms with E-state index in [1.165, 1.54) is 5.56 Å². The molecule has 2 rings (SSSR count). The lowest BCUT2D eigenvalue weighted by Crippen LogP contribution is -2.52. The zero-order valence-electron chi connectivity index (χ0n) is 20.2. The van der Waals surface area contributed by atoms with E-state index in [1.807, 2.05) is 52.0 Å². The molecule has 0 saturated carbocycles. The molecule has 0 bridgehead atoms. The third-order valence-electron chi connectivity index (χ3n) is 6.10. The first-order chi connectivity index (χ1) is 15.1. The first kappa shape index (κ1) is 25.8. The minimum absolute atomic E-state index is 0.0360. The Morgan fingerprint density at radius 3 is 2.16 bits per heavy atom. The lowest BCUT2D eigenvalue weighted by molar-refractivity contribution is -0.137. The van der Waals surface area contributed by atoms with Crippen molar-refractivity contribution < 1.29 is 14.4 Å². The molecule has 0 aliphatic carbocycles. The summed E-state index contributed by atoms with van der Waals surface area (Å²) < 4.78 is 0. The number of likely N-dealkylation sites (tertiary alicyclic amines) is 1. The highest BCUT2D eigenvalue weighted by Gasteiger charge is 2.32. The number of hydrogen-bond acceptors (Lipinski definition) is 4. The Kier molecular flexibility index (Phi) is 9.69. The van der Waals surface area contributed by atoms with Gasteiger partial charge >= 0.3 is 0 Å². The third kappa shape index (κ3) is 7.33. The van der Waals surface area contributed by atoms with Crippen LogP contribution in [0, 0.1) is 17.8 Å². The van der Waals surface area contributed by atoms with Crippen molar-refractivity contribution in [3.63, 3.8) is 0 Å². The Morgan fingerprint density at radius 2 is 1.66 bits per heavy atom. The number of carbonyl (C=O) groups is 3. The smallest absolute Gasteiger partial charge is 0.247 e. The van der Waals surface area contributed by atoms with Gasteiger partial charge in [0.1, 0.15) is 6.04 Å². The van der Waals surface area contributed by atoms with Gasteiger partial charge in [0.05, 0.1) is 6.04 Å². The standard InChI is InChI=1S/C25H40N4O3/c1-6-18-7-9-20(10-8-18)27-24(31)22(17(4)5)28-23(30)19-11-13-29(14-12-19)25(32)21(26)15-16(2)3/h7-10,16-17,19,21-22H,6,11-15,26H2,1-5H3,(H,27,31)(H,28,30)/t21-,22-/m0/s1. The predicted octanol–water partition coefficient (Wildman–Crippen LogP) is 2.94. The average Bonchev–Trinajstić information content (AvgIpc) is 2.76. The Bertz CT molecular complexity index is 768. The molecule has 4 N–H and O–H groups in total. The van der Waals surface area contributed by atoms with E-state index in [-0.39, 0.29) is 29.6 Å². The first-order valence-electron chi connectivity index (χ1n) is 11.9. The van der Waals surface area contributed by atoms with E-state index in [0.29, 0.717) is 38.3 Å². The van der Waals surface area contributed by atoms with Crippen LogP contribution in [0.25, 0.3) is 0 Å². The van der Waals surface area contributed by atoms with Crippen molar-refractivity contribution in [2.45, 2.75) is 72.4 Å². The van der Waals surface area contributed by atoms with Gasteiger partial charge in [-0.25, -0.2) is 0 Å². The lowest BCUT2D eigenvalue weighted by Gasteiger charge is -2.34. The van der Waals surface area contributed by atoms with Crippen LogP contribution >= 0.6 is 0 Å². The number of anilines is 1. The number of amides is 3. The highest BCUT2D eigenvalue weighted by atomic mass is 16.2. The van der Waals surface area contributed by atoms with E-state index in [9.17, 15) is 14.4 Å². The molecule has 1 aromatic carbocycles. The van der Waals surface area contributed by atoms with Crippen LogP contribution in [0.5, 0.6) is 0 Å². The second kappa shape index (κ2) is 12.0. The molecule has 0 aromatic heterocycles. The van der Waals surface area contributed by atoms with Gasteiger partial charge in [-0.3, -0.25) is 14.4 Å². The van der Waals surface area contributed by atoms with Gasteiger partial charge in [-0.15, -0.1) is 0 Å². The summed E-state index contributed by atoms with van der Waals surface area (Å²) in [7, 11) is 0. The summed E-state index contributed by atoms with van der Waals surface area (Å²) in [6.07, 6.45) is 2.76. The van der Waals surface area contributed by atoms with Gasteiger partial charge in [0, 0.05) is 24.7 Å². The molecule has 1 aliphatic rings. The third-order valence-corrected chi connectivity index (χ3v) is 6.10. The van der Waals surface area contributed by atoms with Gasteiger partial charge in [-0.05, 0) is 55.2 Å². The van der Waals surface area contributed by atoms with Crippen molar-refractivity contribution in [2.24, 2.45) is 23.5 Å². The molecule has 32 heavy (non-hydrogen) atoms. The molecule has 1 fully saturated rings. The molecule has 2 atom stereocenters. The normalized spacial score (nSPS) is 16.7. The number of hydrogen-bond donors (Lipinski definition) is 3. The Balaban J connectivity index is 1.90. The molecule has 0 unspecified atom stereocenters. The van der Waals surface area contributed by atoms with Crippen LogP contribution in [-0.2, 0) is 20.8 Å². The number of nitrogens with two attached hydrogens (primary N) is 1. The van der Waals surface area contributed by atoms with E-state index in [4.69, 9.17) is 5.73 Å². The van der Waals surface area contributed by atoms with E-state index in [2.05, 4.69) is 17.6 Å². The fourth-order valence-electron chi connectivity index (χ4n) is 4.06. The molecule has 0 radical (unpaired) electrons. The van der Waals surface area contributed by atoms with Gasteiger partial charge in [0.15, 0.2) is 0 Å². The van der Waals surface area contributed by atoms with Gasteiger partial charge < -0.3 is 21.3 Å². The highest BCUT2D eigenvalue weighted by molar-refractivity contribution is 5.97. The van der Waals surface area contributed by atoms with Crippen LogP contribution < -0.4 is 16.4 Å². The van der Waals surface area contributed by atoms with Crippen molar-refractivity contribution in [3.05, 3.63) is 29.8 Å². The first-order valence-corrected chi connectivity index (χ1v) is 11.9. The van der Waals surface area contributed by atoms with Crippen LogP contribution in [0.15, 0.2) is 24.3 Å². The van der Waals surface area contributed by atoms with E-state index < -0.39 is 12.1 Å². The maximum absolute atomic E-state index is 12.9. The van der Waals surface area contributed by atoms with Crippen LogP contribution in [-0.4, -0.2) is 47.8 Å². The molecule has 7 nitrogen and oxygen atoms in total. The maximum atomic E-state index is 12.9. The lowest BCUT2D eigenvalue weighted by atomic mass is 9.93. The second-order valence-corrected chi connectivity index (χ2v) is 9.61. The fourth-order valence-corrected chi connectivity index (χ4v) is 4.06. The average molecular weight is 445 g/mol. The summed E-state index contributed by atoms with van der Waals surface area (Å²) in [5, 5.41) is 5.85. The number of carbonyl (C=O) groups excluding carboxylic acids is 3. The number of aryl methyl sites for hydroxylation is 1. The van der Waals surface area contributed by atoms with Crippen LogP contribution in [0.1, 0.15) is 59.4 Å². The number of rotatable bonds is 9. The molecule has 0 spiro atoms. The zero-order valence-corrected chi connectivity index (χ0v) is 20.2. The fraction of sp³-hybridized carbons (Fsp3) is 0.640. The van der Waals surface area contributed by atoms with Crippen molar-refractivity contribution in [2.75, 3.05) is 18.4 Å². The molecule has 1 aromatic rings. The number of piperidine rings is 1. The Labute approximate surface area is 192 Å². The van der Waals surface area contributed by atoms with Crippen molar-refractivity contribution in [1.29, 1.82) is 0 Å². The quantitative estimate of drug-likeness (QED) is 0.545. The maximum Gasteiger partial charge on any atom is 0.247 e. The summed E-state index contributed by atoms with van der Waals surface area (Å²) in [5.41, 5.74) is 7.96. The Hall–Kier alpha value is -2.41. The highest BCUT2D eigenvalue weighted by Crippen LogP contribution is 2.20. The van der Waals surface area contributed by atoms with E-state index in [0.717, 1.165) is 12.1 Å². The SMILES string of the molecule is CCc1ccc(NC(=O)[C@@H](NC(=O)C2CCN(C(=O)[C@@H](N)CC(C)C)CC2)C(C)C)cc1. The number of nitrogens with one attached hydrogen (secondary N) is 2. The van der Waals surface area contributed by atoms with E-state index >= 15 is 0 Å². The predicted molar refractivity (Wildman–Crippen MR) is 128 cm³/mol. The molecule has 178 valence electrons. The summed E-state index contributed by atoms with van der Waals surface area (Å²) in [4.78, 5) is 40.0. The van der Waals surface area contributed by atoms with Gasteiger partial charge in [0.2, 0.25) is 17.7 Å². The summed E-state index contributed by atoms with van der Waals surface area (Å²) in [5.74, 6) is -0.279. The van der Waals surface area contributed by atoms with Crippen molar-refractivity contribution in [3.8, 4) is 0 Å². The Morgan fingerprint density at radius 1 is 1.06 bits per heavy atom. The molecular formula is C25H40N4O3. The summed E-state index contributed by atoms with van der Waals surface area (Å²) in [6, 6.07) is 6.63. The van der Waals surface area contributed by atoms with Gasteiger partial charge in [-0.1, -0.05) is 46.8 Å². The largest absolute Gasteiger partial charge is 0.344 e. The van der Waals surface area contributed by atoms with Crippen molar-refractivity contribution >= 4 is 23.4 Å². The van der Waals surface area contributed by atoms with Crippen LogP contribution in [0.4, 0.5) is 5.69 Å².